The Morgan fingerprint density at radius 1 is 1.17 bits per heavy atom. The standard InChI is InChI=1S/C24H33NO4/c1-13-6-7-18-22(2,3)19(27)8-9-24(18)23(13,4)11-15-17(26)10-14-16(20(15)29-24)12-25(5)21(14)28/h10,13,18-19,26-27H,6-9,11-12H2,1-5H3/t13-,18-,19-,23+,24-/m0/s1. The molecule has 1 aromatic rings. The fourth-order valence-corrected chi connectivity index (χ4v) is 7.17. The van der Waals surface area contributed by atoms with E-state index in [1.807, 2.05) is 0 Å². The Balaban J connectivity index is 1.73. The number of phenols is 1. The average Bonchev–Trinajstić information content (AvgIpc) is 2.94. The van der Waals surface area contributed by atoms with Gasteiger partial charge in [0.25, 0.3) is 5.91 Å². The highest BCUT2D eigenvalue weighted by atomic mass is 16.5. The highest BCUT2D eigenvalue weighted by Crippen LogP contribution is 2.66. The van der Waals surface area contributed by atoms with E-state index in [1.165, 1.54) is 0 Å². The number of phenolic OH excluding ortho intramolecular Hbond substituents is 1. The van der Waals surface area contributed by atoms with Crippen molar-refractivity contribution in [3.63, 3.8) is 0 Å². The third kappa shape index (κ3) is 2.17. The number of ether oxygens (including phenoxy) is 1. The Labute approximate surface area is 173 Å². The van der Waals surface area contributed by atoms with Crippen LogP contribution in [0.2, 0.25) is 0 Å². The lowest BCUT2D eigenvalue weighted by Gasteiger charge is -2.67. The summed E-state index contributed by atoms with van der Waals surface area (Å²) in [5, 5.41) is 21.7. The molecule has 0 bridgehead atoms. The van der Waals surface area contributed by atoms with Gasteiger partial charge in [-0.1, -0.05) is 27.7 Å². The van der Waals surface area contributed by atoms with Crippen LogP contribution in [0.3, 0.4) is 0 Å². The molecule has 2 N–H and O–H groups in total. The summed E-state index contributed by atoms with van der Waals surface area (Å²) in [6.45, 7) is 9.53. The highest BCUT2D eigenvalue weighted by Gasteiger charge is 2.67. The molecule has 0 aromatic heterocycles. The summed E-state index contributed by atoms with van der Waals surface area (Å²) >= 11 is 0. The van der Waals surface area contributed by atoms with E-state index in [9.17, 15) is 15.0 Å². The van der Waals surface area contributed by atoms with E-state index < -0.39 is 0 Å². The first-order chi connectivity index (χ1) is 13.5. The fourth-order valence-electron chi connectivity index (χ4n) is 7.17. The van der Waals surface area contributed by atoms with Crippen LogP contribution in [0.1, 0.15) is 74.9 Å². The number of aromatic hydroxyl groups is 1. The number of aliphatic hydroxyl groups excluding tert-OH is 1. The van der Waals surface area contributed by atoms with Crippen LogP contribution in [0, 0.1) is 22.7 Å². The van der Waals surface area contributed by atoms with Crippen molar-refractivity contribution in [2.24, 2.45) is 22.7 Å². The molecule has 158 valence electrons. The molecule has 4 aliphatic rings. The lowest BCUT2D eigenvalue weighted by atomic mass is 9.43. The number of aliphatic hydroxyl groups is 1. The van der Waals surface area contributed by atoms with Crippen molar-refractivity contribution in [3.8, 4) is 11.5 Å². The number of nitrogens with zero attached hydrogens (tertiary/aromatic N) is 1. The molecule has 1 amide bonds. The van der Waals surface area contributed by atoms with E-state index in [2.05, 4.69) is 27.7 Å². The first-order valence-electron chi connectivity index (χ1n) is 11.0. The van der Waals surface area contributed by atoms with Gasteiger partial charge in [-0.3, -0.25) is 4.79 Å². The van der Waals surface area contributed by atoms with Gasteiger partial charge in [-0.05, 0) is 49.5 Å². The maximum absolute atomic E-state index is 12.6. The first-order valence-corrected chi connectivity index (χ1v) is 11.0. The lowest BCUT2D eigenvalue weighted by Crippen LogP contribution is -2.70. The molecule has 2 aliphatic carbocycles. The number of rotatable bonds is 0. The molecule has 0 saturated heterocycles. The molecule has 1 spiro atoms. The summed E-state index contributed by atoms with van der Waals surface area (Å²) in [4.78, 5) is 14.3. The SMILES string of the molecule is C[C@H]1CC[C@H]2C(C)(C)[C@@H](O)CC[C@]23Oc2c(c(O)cc4c2CN(C)C4=O)C[C@]13C. The van der Waals surface area contributed by atoms with Crippen LogP contribution in [0.4, 0.5) is 0 Å². The van der Waals surface area contributed by atoms with E-state index in [4.69, 9.17) is 4.74 Å². The second-order valence-corrected chi connectivity index (χ2v) is 10.9. The Morgan fingerprint density at radius 2 is 1.90 bits per heavy atom. The monoisotopic (exact) mass is 399 g/mol. The molecule has 2 fully saturated rings. The quantitative estimate of drug-likeness (QED) is 0.694. The number of carbonyl (C=O) groups excluding carboxylic acids is 1. The van der Waals surface area contributed by atoms with E-state index in [0.29, 0.717) is 18.0 Å². The lowest BCUT2D eigenvalue weighted by molar-refractivity contribution is -0.233. The smallest absolute Gasteiger partial charge is 0.254 e. The van der Waals surface area contributed by atoms with Gasteiger partial charge in [-0.15, -0.1) is 0 Å². The summed E-state index contributed by atoms with van der Waals surface area (Å²) in [6.07, 6.45) is 4.10. The Hall–Kier alpha value is -1.75. The number of carbonyl (C=O) groups is 1. The van der Waals surface area contributed by atoms with Crippen LogP contribution in [-0.2, 0) is 13.0 Å². The molecule has 2 heterocycles. The largest absolute Gasteiger partial charge is 0.508 e. The van der Waals surface area contributed by atoms with Crippen LogP contribution >= 0.6 is 0 Å². The molecule has 1 aromatic carbocycles. The molecule has 5 atom stereocenters. The number of fused-ring (bicyclic) bond motifs is 3. The third-order valence-electron chi connectivity index (χ3n) is 9.32. The average molecular weight is 400 g/mol. The van der Waals surface area contributed by atoms with Crippen LogP contribution in [0.25, 0.3) is 0 Å². The van der Waals surface area contributed by atoms with Gasteiger partial charge in [0, 0.05) is 29.5 Å². The maximum atomic E-state index is 12.6. The zero-order valence-electron chi connectivity index (χ0n) is 18.2. The van der Waals surface area contributed by atoms with Crippen molar-refractivity contribution in [3.05, 3.63) is 22.8 Å². The fraction of sp³-hybridized carbons (Fsp3) is 0.708. The molecular weight excluding hydrogens is 366 g/mol. The predicted octanol–water partition coefficient (Wildman–Crippen LogP) is 3.88. The molecular formula is C24H33NO4. The second-order valence-electron chi connectivity index (χ2n) is 10.9. The molecule has 0 radical (unpaired) electrons. The highest BCUT2D eigenvalue weighted by molar-refractivity contribution is 5.99. The van der Waals surface area contributed by atoms with E-state index in [-0.39, 0.29) is 40.1 Å². The van der Waals surface area contributed by atoms with Gasteiger partial charge in [0.05, 0.1) is 18.2 Å². The van der Waals surface area contributed by atoms with Gasteiger partial charge >= 0.3 is 0 Å². The molecule has 5 heteroatoms. The summed E-state index contributed by atoms with van der Waals surface area (Å²) in [5.74, 6) is 1.56. The van der Waals surface area contributed by atoms with Gasteiger partial charge in [-0.25, -0.2) is 0 Å². The molecule has 5 rings (SSSR count). The second kappa shape index (κ2) is 5.69. The number of hydrogen-bond donors (Lipinski definition) is 2. The van der Waals surface area contributed by atoms with Crippen LogP contribution < -0.4 is 4.74 Å². The van der Waals surface area contributed by atoms with Crippen molar-refractivity contribution in [1.29, 1.82) is 0 Å². The number of benzene rings is 1. The van der Waals surface area contributed by atoms with Gasteiger partial charge in [0.1, 0.15) is 17.1 Å². The Bertz CT molecular complexity index is 909. The molecule has 0 unspecified atom stereocenters. The van der Waals surface area contributed by atoms with Gasteiger partial charge < -0.3 is 19.8 Å². The summed E-state index contributed by atoms with van der Waals surface area (Å²) in [7, 11) is 1.79. The van der Waals surface area contributed by atoms with Crippen molar-refractivity contribution in [2.45, 2.75) is 78.0 Å². The Morgan fingerprint density at radius 3 is 2.62 bits per heavy atom. The maximum Gasteiger partial charge on any atom is 0.254 e. The van der Waals surface area contributed by atoms with Crippen LogP contribution in [-0.4, -0.2) is 39.8 Å². The molecule has 29 heavy (non-hydrogen) atoms. The van der Waals surface area contributed by atoms with E-state index in [0.717, 1.165) is 49.0 Å². The summed E-state index contributed by atoms with van der Waals surface area (Å²) in [6, 6.07) is 1.64. The topological polar surface area (TPSA) is 70.0 Å². The summed E-state index contributed by atoms with van der Waals surface area (Å²) < 4.78 is 7.06. The van der Waals surface area contributed by atoms with Crippen molar-refractivity contribution >= 4 is 5.91 Å². The number of amides is 1. The Kier molecular flexibility index (Phi) is 3.77. The van der Waals surface area contributed by atoms with Gasteiger partial charge in [0.2, 0.25) is 0 Å². The van der Waals surface area contributed by atoms with Crippen LogP contribution in [0.15, 0.2) is 6.07 Å². The first kappa shape index (κ1) is 19.2. The predicted molar refractivity (Wildman–Crippen MR) is 110 cm³/mol. The van der Waals surface area contributed by atoms with Crippen molar-refractivity contribution in [1.82, 2.24) is 4.90 Å². The van der Waals surface area contributed by atoms with E-state index >= 15 is 0 Å². The minimum atomic E-state index is -0.383. The minimum Gasteiger partial charge on any atom is -0.508 e. The van der Waals surface area contributed by atoms with E-state index in [1.54, 1.807) is 18.0 Å². The zero-order chi connectivity index (χ0) is 20.9. The molecule has 2 aliphatic heterocycles. The van der Waals surface area contributed by atoms with Gasteiger partial charge in [0.15, 0.2) is 0 Å². The van der Waals surface area contributed by atoms with Crippen molar-refractivity contribution in [2.75, 3.05) is 7.05 Å². The minimum absolute atomic E-state index is 0.0551. The summed E-state index contributed by atoms with van der Waals surface area (Å²) in [5.41, 5.74) is 1.61. The zero-order valence-corrected chi connectivity index (χ0v) is 18.2. The van der Waals surface area contributed by atoms with Crippen LogP contribution in [0.5, 0.6) is 11.5 Å². The molecule has 2 saturated carbocycles. The normalized spacial score (nSPS) is 39.9. The van der Waals surface area contributed by atoms with Crippen molar-refractivity contribution < 1.29 is 19.7 Å². The molecule has 5 nitrogen and oxygen atoms in total. The number of hydrogen-bond acceptors (Lipinski definition) is 4. The third-order valence-corrected chi connectivity index (χ3v) is 9.32. The van der Waals surface area contributed by atoms with Gasteiger partial charge in [-0.2, -0.15) is 0 Å².